The molecule has 0 spiro atoms. The largest absolute Gasteiger partial charge is 0.484 e. The molecule has 1 fully saturated rings. The number of amides is 1. The van der Waals surface area contributed by atoms with Crippen LogP contribution in [0.4, 0.5) is 5.69 Å². The lowest BCUT2D eigenvalue weighted by Crippen LogP contribution is -2.38. The Morgan fingerprint density at radius 3 is 2.22 bits per heavy atom. The number of hydrogen-bond acceptors (Lipinski definition) is 6. The first-order valence-corrected chi connectivity index (χ1v) is 13.9. The molecule has 0 N–H and O–H groups in total. The van der Waals surface area contributed by atoms with Gasteiger partial charge in [0.1, 0.15) is 5.75 Å². The smallest absolute Gasteiger partial charge is 0.264 e. The summed E-state index contributed by atoms with van der Waals surface area (Å²) in [6.07, 6.45) is 4.32. The van der Waals surface area contributed by atoms with Gasteiger partial charge in [0, 0.05) is 31.6 Å². The SMILES string of the molecule is CS(=O)(=O)c1ccc(OCC(=O)N2CCCc3cc(S(=O)(=O)N4CCCC4)ccc32)cc1. The predicted molar refractivity (Wildman–Crippen MR) is 120 cm³/mol. The predicted octanol–water partition coefficient (Wildman–Crippen LogP) is 2.23. The van der Waals surface area contributed by atoms with Crippen molar-refractivity contribution in [1.82, 2.24) is 4.31 Å². The van der Waals surface area contributed by atoms with Gasteiger partial charge in [-0.3, -0.25) is 4.79 Å². The molecule has 0 atom stereocenters. The molecule has 1 saturated heterocycles. The van der Waals surface area contributed by atoms with E-state index in [9.17, 15) is 21.6 Å². The van der Waals surface area contributed by atoms with E-state index in [-0.39, 0.29) is 22.3 Å². The van der Waals surface area contributed by atoms with Crippen LogP contribution in [0.25, 0.3) is 0 Å². The number of aryl methyl sites for hydroxylation is 1. The Kier molecular flexibility index (Phi) is 6.28. The standard InChI is InChI=1S/C22H26N2O6S2/c1-31(26,27)19-8-6-18(7-9-19)30-16-22(25)24-14-4-5-17-15-20(10-11-21(17)24)32(28,29)23-12-2-3-13-23/h6-11,15H,2-5,12-14,16H2,1H3. The molecule has 32 heavy (non-hydrogen) atoms. The fourth-order valence-electron chi connectivity index (χ4n) is 4.08. The van der Waals surface area contributed by atoms with Crippen LogP contribution in [0.5, 0.6) is 5.75 Å². The molecule has 2 heterocycles. The Morgan fingerprint density at radius 2 is 1.56 bits per heavy atom. The molecule has 2 aliphatic heterocycles. The van der Waals surface area contributed by atoms with Crippen molar-refractivity contribution in [3.8, 4) is 5.75 Å². The second-order valence-corrected chi connectivity index (χ2v) is 12.0. The molecule has 2 aromatic carbocycles. The second-order valence-electron chi connectivity index (χ2n) is 8.08. The van der Waals surface area contributed by atoms with E-state index in [4.69, 9.17) is 4.74 Å². The van der Waals surface area contributed by atoms with Crippen molar-refractivity contribution in [2.45, 2.75) is 35.5 Å². The summed E-state index contributed by atoms with van der Waals surface area (Å²) in [5.41, 5.74) is 1.54. The number of carbonyl (C=O) groups excluding carboxylic acids is 1. The number of sulfonamides is 1. The molecule has 0 saturated carbocycles. The van der Waals surface area contributed by atoms with E-state index in [2.05, 4.69) is 0 Å². The Balaban J connectivity index is 1.47. The Hall–Kier alpha value is -2.43. The van der Waals surface area contributed by atoms with Crippen molar-refractivity contribution in [2.75, 3.05) is 37.4 Å². The van der Waals surface area contributed by atoms with E-state index >= 15 is 0 Å². The van der Waals surface area contributed by atoms with Gasteiger partial charge in [0.05, 0.1) is 9.79 Å². The average molecular weight is 479 g/mol. The third-order valence-corrected chi connectivity index (χ3v) is 8.81. The average Bonchev–Trinajstić information content (AvgIpc) is 3.32. The van der Waals surface area contributed by atoms with Gasteiger partial charge >= 0.3 is 0 Å². The third kappa shape index (κ3) is 4.67. The molecule has 0 radical (unpaired) electrons. The molecule has 1 amide bonds. The van der Waals surface area contributed by atoms with E-state index in [0.29, 0.717) is 37.5 Å². The van der Waals surface area contributed by atoms with Crippen molar-refractivity contribution in [2.24, 2.45) is 0 Å². The minimum absolute atomic E-state index is 0.181. The van der Waals surface area contributed by atoms with Crippen LogP contribution in [0.1, 0.15) is 24.8 Å². The summed E-state index contributed by atoms with van der Waals surface area (Å²) in [7, 11) is -6.81. The van der Waals surface area contributed by atoms with E-state index in [1.165, 1.54) is 28.6 Å². The van der Waals surface area contributed by atoms with Crippen LogP contribution in [0.15, 0.2) is 52.3 Å². The second kappa shape index (κ2) is 8.84. The van der Waals surface area contributed by atoms with E-state index in [1.54, 1.807) is 23.1 Å². The summed E-state index contributed by atoms with van der Waals surface area (Å²) in [5.74, 6) is 0.156. The first-order chi connectivity index (χ1) is 15.2. The van der Waals surface area contributed by atoms with Gasteiger partial charge in [0.2, 0.25) is 10.0 Å². The number of benzene rings is 2. The van der Waals surface area contributed by atoms with Crippen molar-refractivity contribution in [3.63, 3.8) is 0 Å². The zero-order valence-electron chi connectivity index (χ0n) is 17.9. The van der Waals surface area contributed by atoms with Crippen LogP contribution in [-0.4, -0.2) is 59.5 Å². The first-order valence-electron chi connectivity index (χ1n) is 10.5. The molecule has 2 aliphatic rings. The quantitative estimate of drug-likeness (QED) is 0.631. The molecule has 0 unspecified atom stereocenters. The maximum atomic E-state index is 12.9. The summed E-state index contributed by atoms with van der Waals surface area (Å²) >= 11 is 0. The van der Waals surface area contributed by atoms with E-state index < -0.39 is 19.9 Å². The van der Waals surface area contributed by atoms with Gasteiger partial charge < -0.3 is 9.64 Å². The molecule has 0 aliphatic carbocycles. The monoisotopic (exact) mass is 478 g/mol. The summed E-state index contributed by atoms with van der Waals surface area (Å²) in [6.45, 7) is 1.42. The fourth-order valence-corrected chi connectivity index (χ4v) is 6.28. The molecule has 172 valence electrons. The van der Waals surface area contributed by atoms with Crippen LogP contribution < -0.4 is 9.64 Å². The Bertz CT molecular complexity index is 1220. The summed E-state index contributed by atoms with van der Waals surface area (Å²) < 4.78 is 55.9. The molecule has 0 aromatic heterocycles. The minimum Gasteiger partial charge on any atom is -0.484 e. The van der Waals surface area contributed by atoms with Crippen LogP contribution in [-0.2, 0) is 31.1 Å². The van der Waals surface area contributed by atoms with E-state index in [1.807, 2.05) is 0 Å². The summed E-state index contributed by atoms with van der Waals surface area (Å²) in [4.78, 5) is 14.9. The van der Waals surface area contributed by atoms with E-state index in [0.717, 1.165) is 31.1 Å². The minimum atomic E-state index is -3.51. The van der Waals surface area contributed by atoms with Crippen molar-refractivity contribution in [1.29, 1.82) is 0 Å². The van der Waals surface area contributed by atoms with Gasteiger partial charge in [-0.05, 0) is 73.7 Å². The number of anilines is 1. The molecule has 4 rings (SSSR count). The van der Waals surface area contributed by atoms with Gasteiger partial charge in [-0.2, -0.15) is 4.31 Å². The Morgan fingerprint density at radius 1 is 0.906 bits per heavy atom. The van der Waals surface area contributed by atoms with Crippen LogP contribution in [0.3, 0.4) is 0 Å². The van der Waals surface area contributed by atoms with Gasteiger partial charge in [0.15, 0.2) is 16.4 Å². The third-order valence-electron chi connectivity index (χ3n) is 5.79. The number of fused-ring (bicyclic) bond motifs is 1. The highest BCUT2D eigenvalue weighted by Gasteiger charge is 2.29. The fraction of sp³-hybridized carbons (Fsp3) is 0.409. The molecular formula is C22H26N2O6S2. The zero-order chi connectivity index (χ0) is 22.9. The number of hydrogen-bond donors (Lipinski definition) is 0. The molecule has 0 bridgehead atoms. The number of nitrogens with zero attached hydrogens (tertiary/aromatic N) is 2. The molecule has 8 nitrogen and oxygen atoms in total. The molecule has 2 aromatic rings. The number of carbonyl (C=O) groups is 1. The maximum Gasteiger partial charge on any atom is 0.264 e. The van der Waals surface area contributed by atoms with Crippen molar-refractivity contribution in [3.05, 3.63) is 48.0 Å². The van der Waals surface area contributed by atoms with Crippen molar-refractivity contribution < 1.29 is 26.4 Å². The van der Waals surface area contributed by atoms with Gasteiger partial charge in [-0.15, -0.1) is 0 Å². The number of rotatable bonds is 6. The highest BCUT2D eigenvalue weighted by Crippen LogP contribution is 2.31. The molecule has 10 heteroatoms. The topological polar surface area (TPSA) is 101 Å². The lowest BCUT2D eigenvalue weighted by Gasteiger charge is -2.30. The highest BCUT2D eigenvalue weighted by molar-refractivity contribution is 7.90. The Labute approximate surface area is 188 Å². The van der Waals surface area contributed by atoms with Gasteiger partial charge in [-0.25, -0.2) is 16.8 Å². The lowest BCUT2D eigenvalue weighted by molar-refractivity contribution is -0.120. The number of ether oxygens (including phenoxy) is 1. The molecular weight excluding hydrogens is 452 g/mol. The van der Waals surface area contributed by atoms with Crippen LogP contribution >= 0.6 is 0 Å². The van der Waals surface area contributed by atoms with Gasteiger partial charge in [-0.1, -0.05) is 0 Å². The summed E-state index contributed by atoms with van der Waals surface area (Å²) in [5, 5.41) is 0. The lowest BCUT2D eigenvalue weighted by atomic mass is 10.0. The summed E-state index contributed by atoms with van der Waals surface area (Å²) in [6, 6.07) is 10.9. The van der Waals surface area contributed by atoms with Crippen LogP contribution in [0.2, 0.25) is 0 Å². The zero-order valence-corrected chi connectivity index (χ0v) is 19.5. The van der Waals surface area contributed by atoms with Gasteiger partial charge in [0.25, 0.3) is 5.91 Å². The maximum absolute atomic E-state index is 12.9. The number of sulfone groups is 1. The first kappa shape index (κ1) is 22.8. The highest BCUT2D eigenvalue weighted by atomic mass is 32.2. The van der Waals surface area contributed by atoms with Crippen molar-refractivity contribution >= 4 is 31.5 Å². The van der Waals surface area contributed by atoms with Crippen LogP contribution in [0, 0.1) is 0 Å². The normalized spacial score (nSPS) is 17.2.